The van der Waals surface area contributed by atoms with E-state index in [9.17, 15) is 17.3 Å². The lowest BCUT2D eigenvalue weighted by Crippen LogP contribution is -2.25. The molecule has 0 saturated heterocycles. The third-order valence-corrected chi connectivity index (χ3v) is 4.80. The average molecular weight is 353 g/mol. The molecule has 0 aliphatic heterocycles. The van der Waals surface area contributed by atoms with Crippen LogP contribution in [-0.4, -0.2) is 22.2 Å². The maximum Gasteiger partial charge on any atom is 1.00 e. The van der Waals surface area contributed by atoms with Gasteiger partial charge >= 0.3 is 8.68 Å². The van der Waals surface area contributed by atoms with Crippen molar-refractivity contribution in [2.45, 2.75) is 0 Å². The molecule has 3 aromatic rings. The minimum absolute atomic E-state index is 0. The third kappa shape index (κ3) is 6.04. The molecule has 3 aromatic heterocycles. The van der Waals surface area contributed by atoms with E-state index in [2.05, 4.69) is 15.0 Å². The van der Waals surface area contributed by atoms with Crippen LogP contribution in [0.25, 0.3) is 0 Å². The van der Waals surface area contributed by atoms with E-state index in [0.29, 0.717) is 0 Å². The number of hydrogen-bond acceptors (Lipinski definition) is 3. The van der Waals surface area contributed by atoms with E-state index >= 15 is 0 Å². The molecule has 0 atom stereocenters. The fraction of sp³-hybridized carbons (Fsp3) is 0. The summed E-state index contributed by atoms with van der Waals surface area (Å²) < 4.78 is 39.0. The van der Waals surface area contributed by atoms with Crippen LogP contribution in [0, 0.1) is 0 Å². The molecule has 0 radical (unpaired) electrons. The van der Waals surface area contributed by atoms with Gasteiger partial charge in [-0.05, 0) is 36.4 Å². The molecule has 0 saturated carbocycles. The zero-order valence-corrected chi connectivity index (χ0v) is 13.2. The first kappa shape index (κ1) is 18.0. The maximum absolute atomic E-state index is 9.75. The molecule has 0 aliphatic carbocycles. The van der Waals surface area contributed by atoms with Crippen molar-refractivity contribution in [1.82, 2.24) is 15.0 Å². The maximum atomic E-state index is 9.75. The average Bonchev–Trinajstić information content (AvgIpc) is 2.57. The lowest BCUT2D eigenvalue weighted by molar-refractivity contribution is 0.368. The fourth-order valence-electron chi connectivity index (χ4n) is 1.81. The van der Waals surface area contributed by atoms with Crippen LogP contribution in [0.1, 0.15) is 1.43 Å². The number of nitrogens with zero attached hydrogens (tertiary/aromatic N) is 3. The van der Waals surface area contributed by atoms with Crippen molar-refractivity contribution < 1.29 is 18.7 Å². The summed E-state index contributed by atoms with van der Waals surface area (Å²) in [6.07, 6.45) is 5.45. The molecule has 9 heteroatoms. The van der Waals surface area contributed by atoms with Crippen molar-refractivity contribution in [1.29, 1.82) is 0 Å². The minimum Gasteiger partial charge on any atom is -0.418 e. The largest absolute Gasteiger partial charge is 1.00 e. The van der Waals surface area contributed by atoms with Gasteiger partial charge in [-0.3, -0.25) is 15.0 Å². The zero-order valence-electron chi connectivity index (χ0n) is 13.3. The van der Waals surface area contributed by atoms with Gasteiger partial charge in [0.2, 0.25) is 0 Å². The summed E-state index contributed by atoms with van der Waals surface area (Å²) in [5.74, 6) is 0. The van der Waals surface area contributed by atoms with Gasteiger partial charge in [0, 0.05) is 26.5 Å². The monoisotopic (exact) mass is 353 g/mol. The van der Waals surface area contributed by atoms with E-state index in [-0.39, 0.29) is 1.43 Å². The fourth-order valence-corrected chi connectivity index (χ4v) is 3.77. The standard InChI is InChI=1S/C15H12N3P.BF4/c1-4-10-16-13(7-1)19(14-8-2-5-11-17-14)15-9-3-6-12-18-15;2-1(3,4)5/h1-12H;/q;-1/p+1. The number of hydrogen-bond donors (Lipinski definition) is 0. The Morgan fingerprint density at radius 2 is 0.917 bits per heavy atom. The van der Waals surface area contributed by atoms with Crippen LogP contribution >= 0.6 is 7.92 Å². The summed E-state index contributed by atoms with van der Waals surface area (Å²) in [6.45, 7) is 0. The van der Waals surface area contributed by atoms with E-state index < -0.39 is 15.2 Å². The van der Waals surface area contributed by atoms with Gasteiger partial charge < -0.3 is 17.3 Å². The molecular formula is C15H13BF4N3P. The Kier molecular flexibility index (Phi) is 6.38. The second-order valence-corrected chi connectivity index (χ2v) is 6.44. The molecule has 124 valence electrons. The molecule has 0 spiro atoms. The summed E-state index contributed by atoms with van der Waals surface area (Å²) in [4.78, 5) is 13.4. The second-order valence-electron chi connectivity index (χ2n) is 4.39. The van der Waals surface area contributed by atoms with Crippen molar-refractivity contribution in [2.24, 2.45) is 0 Å². The highest BCUT2D eigenvalue weighted by Crippen LogP contribution is 2.29. The SMILES string of the molecule is F[B-](F)(F)F.[H+].c1ccc(P(c2ccccn2)c2ccccn2)nc1. The number of aromatic nitrogens is 3. The van der Waals surface area contributed by atoms with Crippen molar-refractivity contribution in [3.8, 4) is 0 Å². The van der Waals surface area contributed by atoms with E-state index in [4.69, 9.17) is 0 Å². The highest BCUT2D eigenvalue weighted by atomic mass is 31.1. The number of halogens is 4. The van der Waals surface area contributed by atoms with Crippen molar-refractivity contribution in [3.63, 3.8) is 0 Å². The van der Waals surface area contributed by atoms with Crippen LogP contribution < -0.4 is 16.3 Å². The van der Waals surface area contributed by atoms with Crippen LogP contribution in [0.2, 0.25) is 0 Å². The van der Waals surface area contributed by atoms with Gasteiger partial charge in [-0.2, -0.15) is 0 Å². The smallest absolute Gasteiger partial charge is 0.418 e. The molecule has 3 heterocycles. The Hall–Kier alpha value is -2.34. The van der Waals surface area contributed by atoms with Crippen LogP contribution in [-0.2, 0) is 0 Å². The highest BCUT2D eigenvalue weighted by Gasteiger charge is 2.20. The van der Waals surface area contributed by atoms with Gasteiger partial charge in [0.1, 0.15) is 0 Å². The minimum atomic E-state index is -6.00. The van der Waals surface area contributed by atoms with E-state index in [1.54, 1.807) is 0 Å². The summed E-state index contributed by atoms with van der Waals surface area (Å²) >= 11 is 0. The Morgan fingerprint density at radius 1 is 0.625 bits per heavy atom. The Morgan fingerprint density at radius 3 is 1.12 bits per heavy atom. The Bertz CT molecular complexity index is 636. The highest BCUT2D eigenvalue weighted by molar-refractivity contribution is 7.79. The second kappa shape index (κ2) is 8.50. The van der Waals surface area contributed by atoms with Crippen LogP contribution in [0.5, 0.6) is 0 Å². The van der Waals surface area contributed by atoms with Gasteiger partial charge in [0.25, 0.3) is 0 Å². The lowest BCUT2D eigenvalue weighted by atomic mass is 10.3. The lowest BCUT2D eigenvalue weighted by Gasteiger charge is -2.15. The topological polar surface area (TPSA) is 38.7 Å². The predicted molar refractivity (Wildman–Crippen MR) is 89.8 cm³/mol. The first-order valence-corrected chi connectivity index (χ1v) is 8.20. The quantitative estimate of drug-likeness (QED) is 0.413. The van der Waals surface area contributed by atoms with Crippen molar-refractivity contribution in [3.05, 3.63) is 73.2 Å². The van der Waals surface area contributed by atoms with Crippen LogP contribution in [0.3, 0.4) is 0 Å². The predicted octanol–water partition coefficient (Wildman–Crippen LogP) is 3.04. The summed E-state index contributed by atoms with van der Waals surface area (Å²) in [5, 5.41) is 0. The Labute approximate surface area is 139 Å². The molecule has 0 aromatic carbocycles. The molecule has 0 unspecified atom stereocenters. The number of rotatable bonds is 3. The first-order chi connectivity index (χ1) is 11.4. The van der Waals surface area contributed by atoms with Gasteiger partial charge in [0.05, 0.1) is 16.3 Å². The van der Waals surface area contributed by atoms with E-state index in [0.717, 1.165) is 16.3 Å². The summed E-state index contributed by atoms with van der Waals surface area (Å²) in [6, 6.07) is 17.9. The molecular weight excluding hydrogens is 340 g/mol. The number of pyridine rings is 3. The third-order valence-electron chi connectivity index (χ3n) is 2.64. The normalized spacial score (nSPS) is 10.9. The molecule has 3 nitrogen and oxygen atoms in total. The van der Waals surface area contributed by atoms with E-state index in [1.807, 2.05) is 73.2 Å². The van der Waals surface area contributed by atoms with Gasteiger partial charge in [-0.25, -0.2) is 0 Å². The molecule has 0 N–H and O–H groups in total. The van der Waals surface area contributed by atoms with Gasteiger partial charge in [-0.1, -0.05) is 18.2 Å². The molecule has 0 bridgehead atoms. The van der Waals surface area contributed by atoms with E-state index in [1.165, 1.54) is 0 Å². The van der Waals surface area contributed by atoms with Crippen molar-refractivity contribution >= 4 is 31.5 Å². The zero-order chi connectivity index (χ0) is 17.4. The first-order valence-electron chi connectivity index (χ1n) is 6.86. The Balaban J connectivity index is 0.000000462. The summed E-state index contributed by atoms with van der Waals surface area (Å²) in [7, 11) is -6.78. The van der Waals surface area contributed by atoms with Gasteiger partial charge in [-0.15, -0.1) is 0 Å². The van der Waals surface area contributed by atoms with Crippen LogP contribution in [0.15, 0.2) is 73.2 Å². The summed E-state index contributed by atoms with van der Waals surface area (Å²) in [5.41, 5.74) is 3.07. The molecule has 0 fully saturated rings. The van der Waals surface area contributed by atoms with Gasteiger partial charge in [0.15, 0.2) is 0 Å². The molecule has 24 heavy (non-hydrogen) atoms. The molecule has 0 amide bonds. The molecule has 0 aliphatic rings. The molecule has 3 rings (SSSR count). The van der Waals surface area contributed by atoms with Crippen molar-refractivity contribution in [2.75, 3.05) is 0 Å². The van der Waals surface area contributed by atoms with Crippen LogP contribution in [0.4, 0.5) is 17.3 Å².